The largest absolute Gasteiger partial charge is 0.508 e. The van der Waals surface area contributed by atoms with Gasteiger partial charge in [-0.25, -0.2) is 0 Å². The molecular formula is C27H29NO2S. The van der Waals surface area contributed by atoms with Gasteiger partial charge in [0.15, 0.2) is 0 Å². The molecule has 4 heteroatoms. The average molecular weight is 432 g/mol. The van der Waals surface area contributed by atoms with E-state index in [-0.39, 0.29) is 17.6 Å². The second kappa shape index (κ2) is 9.37. The summed E-state index contributed by atoms with van der Waals surface area (Å²) >= 11 is 1.94. The second-order valence-electron chi connectivity index (χ2n) is 8.49. The van der Waals surface area contributed by atoms with Crippen LogP contribution in [0.5, 0.6) is 11.5 Å². The maximum Gasteiger partial charge on any atom is 0.123 e. The lowest BCUT2D eigenvalue weighted by Gasteiger charge is -2.34. The average Bonchev–Trinajstić information content (AvgIpc) is 3.33. The van der Waals surface area contributed by atoms with E-state index in [0.29, 0.717) is 6.61 Å². The molecule has 0 aromatic heterocycles. The number of ether oxygens (including phenoxy) is 1. The standard InChI is InChI=1S/C27H29NO2S/c29-22-10-13-26-24(18-22)27(25(19-30-26)20-6-2-1-3-7-20)21-8-11-23(12-9-21)31-17-16-28-14-4-5-15-28/h1-3,6-13,18,25,27,29H,4-5,14-17,19H2. The summed E-state index contributed by atoms with van der Waals surface area (Å²) in [5.41, 5.74) is 3.60. The highest BCUT2D eigenvalue weighted by Crippen LogP contribution is 2.47. The van der Waals surface area contributed by atoms with Crippen LogP contribution in [0.15, 0.2) is 77.7 Å². The summed E-state index contributed by atoms with van der Waals surface area (Å²) in [6.45, 7) is 4.33. The number of likely N-dealkylation sites (tertiary alicyclic amines) is 1. The number of phenols is 1. The van der Waals surface area contributed by atoms with Crippen molar-refractivity contribution in [3.63, 3.8) is 0 Å². The molecule has 2 unspecified atom stereocenters. The number of aromatic hydroxyl groups is 1. The molecule has 0 bridgehead atoms. The molecule has 31 heavy (non-hydrogen) atoms. The first-order chi connectivity index (χ1) is 15.3. The van der Waals surface area contributed by atoms with Crippen LogP contribution in [-0.2, 0) is 0 Å². The third kappa shape index (κ3) is 4.60. The summed E-state index contributed by atoms with van der Waals surface area (Å²) in [5.74, 6) is 2.67. The van der Waals surface area contributed by atoms with Crippen LogP contribution in [0.1, 0.15) is 41.4 Å². The van der Waals surface area contributed by atoms with Gasteiger partial charge in [0.05, 0.1) is 6.61 Å². The lowest BCUT2D eigenvalue weighted by molar-refractivity contribution is 0.248. The van der Waals surface area contributed by atoms with Crippen LogP contribution in [0.4, 0.5) is 0 Å². The van der Waals surface area contributed by atoms with Crippen LogP contribution in [-0.4, -0.2) is 42.0 Å². The zero-order valence-electron chi connectivity index (χ0n) is 17.7. The van der Waals surface area contributed by atoms with E-state index in [1.165, 1.54) is 48.5 Å². The normalized spacial score (nSPS) is 20.9. The quantitative estimate of drug-likeness (QED) is 0.494. The summed E-state index contributed by atoms with van der Waals surface area (Å²) in [6, 6.07) is 25.1. The molecule has 160 valence electrons. The van der Waals surface area contributed by atoms with E-state index >= 15 is 0 Å². The van der Waals surface area contributed by atoms with Crippen molar-refractivity contribution in [1.82, 2.24) is 4.90 Å². The van der Waals surface area contributed by atoms with Gasteiger partial charge in [-0.3, -0.25) is 0 Å². The fraction of sp³-hybridized carbons (Fsp3) is 0.333. The van der Waals surface area contributed by atoms with Gasteiger partial charge >= 0.3 is 0 Å². The van der Waals surface area contributed by atoms with Gasteiger partial charge in [0.2, 0.25) is 0 Å². The van der Waals surface area contributed by atoms with Crippen LogP contribution in [0, 0.1) is 0 Å². The molecule has 3 nitrogen and oxygen atoms in total. The monoisotopic (exact) mass is 431 g/mol. The lowest BCUT2D eigenvalue weighted by atomic mass is 9.76. The Balaban J connectivity index is 1.39. The Hall–Kier alpha value is -2.43. The molecule has 2 heterocycles. The summed E-state index contributed by atoms with van der Waals surface area (Å²) in [7, 11) is 0. The third-order valence-corrected chi connectivity index (χ3v) is 7.48. The van der Waals surface area contributed by atoms with Gasteiger partial charge in [-0.2, -0.15) is 0 Å². The number of thioether (sulfide) groups is 1. The SMILES string of the molecule is Oc1ccc2c(c1)C(c1ccc(SCCN3CCCC3)cc1)C(c1ccccc1)CO2. The minimum absolute atomic E-state index is 0.155. The van der Waals surface area contributed by atoms with Crippen molar-refractivity contribution in [2.75, 3.05) is 32.0 Å². The number of phenolic OH excluding ortho intramolecular Hbond substituents is 1. The molecule has 0 radical (unpaired) electrons. The van der Waals surface area contributed by atoms with E-state index in [2.05, 4.69) is 59.5 Å². The molecule has 3 aromatic carbocycles. The maximum atomic E-state index is 10.2. The Kier molecular flexibility index (Phi) is 6.19. The van der Waals surface area contributed by atoms with Gasteiger partial charge in [0.25, 0.3) is 0 Å². The second-order valence-corrected chi connectivity index (χ2v) is 9.66. The molecular weight excluding hydrogens is 402 g/mol. The van der Waals surface area contributed by atoms with E-state index in [0.717, 1.165) is 17.1 Å². The van der Waals surface area contributed by atoms with E-state index in [4.69, 9.17) is 4.74 Å². The van der Waals surface area contributed by atoms with Crippen molar-refractivity contribution in [3.05, 3.63) is 89.5 Å². The predicted octanol–water partition coefficient (Wildman–Crippen LogP) is 5.89. The molecule has 5 rings (SSSR count). The molecule has 0 amide bonds. The van der Waals surface area contributed by atoms with Gasteiger partial charge in [0.1, 0.15) is 11.5 Å². The molecule has 1 saturated heterocycles. The van der Waals surface area contributed by atoms with Crippen LogP contribution in [0.25, 0.3) is 0 Å². The number of rotatable bonds is 6. The first kappa shape index (κ1) is 20.5. The number of nitrogens with zero attached hydrogens (tertiary/aromatic N) is 1. The number of fused-ring (bicyclic) bond motifs is 1. The fourth-order valence-electron chi connectivity index (χ4n) is 4.87. The van der Waals surface area contributed by atoms with Crippen LogP contribution >= 0.6 is 11.8 Å². The van der Waals surface area contributed by atoms with Crippen molar-refractivity contribution < 1.29 is 9.84 Å². The zero-order chi connectivity index (χ0) is 21.0. The number of hydrogen-bond donors (Lipinski definition) is 1. The maximum absolute atomic E-state index is 10.2. The Morgan fingerprint density at radius 2 is 1.68 bits per heavy atom. The summed E-state index contributed by atoms with van der Waals surface area (Å²) in [4.78, 5) is 3.89. The molecule has 0 saturated carbocycles. The Morgan fingerprint density at radius 1 is 0.903 bits per heavy atom. The Bertz CT molecular complexity index is 1000. The van der Waals surface area contributed by atoms with Gasteiger partial charge in [-0.1, -0.05) is 42.5 Å². The minimum Gasteiger partial charge on any atom is -0.508 e. The van der Waals surface area contributed by atoms with Crippen LogP contribution < -0.4 is 4.74 Å². The molecule has 2 aliphatic rings. The first-order valence-corrected chi connectivity index (χ1v) is 12.2. The van der Waals surface area contributed by atoms with Crippen LogP contribution in [0.3, 0.4) is 0 Å². The molecule has 2 aliphatic heterocycles. The number of hydrogen-bond acceptors (Lipinski definition) is 4. The smallest absolute Gasteiger partial charge is 0.123 e. The molecule has 0 spiro atoms. The fourth-order valence-corrected chi connectivity index (χ4v) is 5.79. The van der Waals surface area contributed by atoms with Crippen LogP contribution in [0.2, 0.25) is 0 Å². The lowest BCUT2D eigenvalue weighted by Crippen LogP contribution is -2.25. The van der Waals surface area contributed by atoms with Crippen molar-refractivity contribution in [3.8, 4) is 11.5 Å². The molecule has 1 N–H and O–H groups in total. The van der Waals surface area contributed by atoms with Crippen molar-refractivity contribution in [1.29, 1.82) is 0 Å². The Labute approximate surface area is 189 Å². The van der Waals surface area contributed by atoms with Crippen molar-refractivity contribution in [2.24, 2.45) is 0 Å². The van der Waals surface area contributed by atoms with Gasteiger partial charge < -0.3 is 14.7 Å². The van der Waals surface area contributed by atoms with Crippen molar-refractivity contribution >= 4 is 11.8 Å². The molecule has 1 fully saturated rings. The van der Waals surface area contributed by atoms with Gasteiger partial charge in [-0.15, -0.1) is 11.8 Å². The first-order valence-electron chi connectivity index (χ1n) is 11.2. The van der Waals surface area contributed by atoms with Gasteiger partial charge in [0, 0.05) is 34.6 Å². The van der Waals surface area contributed by atoms with E-state index in [1.807, 2.05) is 23.9 Å². The zero-order valence-corrected chi connectivity index (χ0v) is 18.6. The summed E-state index contributed by atoms with van der Waals surface area (Å²) in [5, 5.41) is 10.2. The van der Waals surface area contributed by atoms with Crippen molar-refractivity contribution in [2.45, 2.75) is 29.6 Å². The highest BCUT2D eigenvalue weighted by Gasteiger charge is 2.33. The minimum atomic E-state index is 0.155. The predicted molar refractivity (Wildman–Crippen MR) is 127 cm³/mol. The number of benzene rings is 3. The van der Waals surface area contributed by atoms with E-state index in [1.54, 1.807) is 6.07 Å². The summed E-state index contributed by atoms with van der Waals surface area (Å²) in [6.07, 6.45) is 2.70. The van der Waals surface area contributed by atoms with E-state index in [9.17, 15) is 5.11 Å². The third-order valence-electron chi connectivity index (χ3n) is 6.49. The topological polar surface area (TPSA) is 32.7 Å². The molecule has 3 aromatic rings. The summed E-state index contributed by atoms with van der Waals surface area (Å²) < 4.78 is 6.10. The Morgan fingerprint density at radius 3 is 2.45 bits per heavy atom. The highest BCUT2D eigenvalue weighted by molar-refractivity contribution is 7.99. The molecule has 2 atom stereocenters. The van der Waals surface area contributed by atoms with E-state index < -0.39 is 0 Å². The van der Waals surface area contributed by atoms with Gasteiger partial charge in [-0.05, 0) is 67.4 Å². The highest BCUT2D eigenvalue weighted by atomic mass is 32.2. The molecule has 0 aliphatic carbocycles.